The van der Waals surface area contributed by atoms with E-state index < -0.39 is 10.0 Å². The van der Waals surface area contributed by atoms with Crippen LogP contribution in [-0.4, -0.2) is 56.7 Å². The van der Waals surface area contributed by atoms with E-state index in [2.05, 4.69) is 10.0 Å². The Balaban J connectivity index is 1.81. The predicted molar refractivity (Wildman–Crippen MR) is 82.5 cm³/mol. The number of nitrogens with zero attached hydrogens (tertiary/aromatic N) is 1. The van der Waals surface area contributed by atoms with E-state index in [9.17, 15) is 13.2 Å². The number of rotatable bonds is 4. The summed E-state index contributed by atoms with van der Waals surface area (Å²) in [6, 6.07) is -0.0718. The first kappa shape index (κ1) is 16.7. The molecule has 2 aliphatic rings. The van der Waals surface area contributed by atoms with Crippen molar-refractivity contribution in [2.45, 2.75) is 57.5 Å². The molecule has 0 aromatic heterocycles. The van der Waals surface area contributed by atoms with Crippen molar-refractivity contribution in [1.29, 1.82) is 0 Å². The van der Waals surface area contributed by atoms with Crippen molar-refractivity contribution in [2.24, 2.45) is 0 Å². The van der Waals surface area contributed by atoms with Gasteiger partial charge in [-0.05, 0) is 39.2 Å². The minimum Gasteiger partial charge on any atom is -0.341 e. The quantitative estimate of drug-likeness (QED) is 0.789. The maximum atomic E-state index is 12.5. The Morgan fingerprint density at radius 2 is 1.90 bits per heavy atom. The van der Waals surface area contributed by atoms with E-state index in [1.807, 2.05) is 4.90 Å². The van der Waals surface area contributed by atoms with Crippen LogP contribution in [0.2, 0.25) is 0 Å². The summed E-state index contributed by atoms with van der Waals surface area (Å²) in [7, 11) is -3.15. The molecule has 1 unspecified atom stereocenters. The average Bonchev–Trinajstić information content (AvgIpc) is 2.76. The molecule has 2 heterocycles. The van der Waals surface area contributed by atoms with Crippen molar-refractivity contribution in [3.63, 3.8) is 0 Å². The van der Waals surface area contributed by atoms with E-state index >= 15 is 0 Å². The molecule has 2 fully saturated rings. The summed E-state index contributed by atoms with van der Waals surface area (Å²) in [5.41, 5.74) is 0. The lowest BCUT2D eigenvalue weighted by Gasteiger charge is -2.34. The maximum Gasteiger partial charge on any atom is 0.239 e. The number of hydrogen-bond acceptors (Lipinski definition) is 4. The molecule has 0 spiro atoms. The first-order valence-electron chi connectivity index (χ1n) is 8.04. The van der Waals surface area contributed by atoms with E-state index in [-0.39, 0.29) is 23.7 Å². The second kappa shape index (κ2) is 7.56. The second-order valence-electron chi connectivity index (χ2n) is 5.98. The Hall–Kier alpha value is -0.660. The molecule has 0 aromatic carbocycles. The van der Waals surface area contributed by atoms with Crippen molar-refractivity contribution in [2.75, 3.05) is 25.4 Å². The lowest BCUT2D eigenvalue weighted by molar-refractivity contribution is -0.134. The summed E-state index contributed by atoms with van der Waals surface area (Å²) in [6.07, 6.45) is 5.77. The number of piperidine rings is 1. The zero-order valence-corrected chi connectivity index (χ0v) is 13.6. The van der Waals surface area contributed by atoms with Crippen molar-refractivity contribution in [3.8, 4) is 0 Å². The van der Waals surface area contributed by atoms with Crippen LogP contribution in [0.1, 0.15) is 45.4 Å². The number of sulfonamides is 1. The van der Waals surface area contributed by atoms with Crippen molar-refractivity contribution in [1.82, 2.24) is 14.9 Å². The van der Waals surface area contributed by atoms with Gasteiger partial charge < -0.3 is 10.2 Å². The van der Waals surface area contributed by atoms with E-state index in [0.717, 1.165) is 25.8 Å². The Morgan fingerprint density at radius 3 is 2.57 bits per heavy atom. The third-order valence-electron chi connectivity index (χ3n) is 4.39. The molecule has 0 aliphatic carbocycles. The topological polar surface area (TPSA) is 78.5 Å². The summed E-state index contributed by atoms with van der Waals surface area (Å²) in [6.45, 7) is 3.85. The van der Waals surface area contributed by atoms with Crippen LogP contribution >= 0.6 is 0 Å². The summed E-state index contributed by atoms with van der Waals surface area (Å²) in [5.74, 6) is 0.298. The van der Waals surface area contributed by atoms with Crippen LogP contribution in [0.15, 0.2) is 0 Å². The van der Waals surface area contributed by atoms with Crippen molar-refractivity contribution >= 4 is 15.9 Å². The number of hydrogen-bond donors (Lipinski definition) is 2. The Labute approximate surface area is 127 Å². The van der Waals surface area contributed by atoms with Gasteiger partial charge in [0.1, 0.15) is 0 Å². The van der Waals surface area contributed by atoms with Crippen LogP contribution in [0.3, 0.4) is 0 Å². The van der Waals surface area contributed by atoms with E-state index in [1.54, 1.807) is 6.92 Å². The van der Waals surface area contributed by atoms with Gasteiger partial charge in [0.05, 0.1) is 11.8 Å². The van der Waals surface area contributed by atoms with Gasteiger partial charge in [0, 0.05) is 19.1 Å². The fourth-order valence-electron chi connectivity index (χ4n) is 3.01. The maximum absolute atomic E-state index is 12.5. The molecule has 2 rings (SSSR count). The van der Waals surface area contributed by atoms with Gasteiger partial charge >= 0.3 is 0 Å². The smallest absolute Gasteiger partial charge is 0.239 e. The highest BCUT2D eigenvalue weighted by atomic mass is 32.2. The van der Waals surface area contributed by atoms with Crippen LogP contribution in [0, 0.1) is 0 Å². The SMILES string of the molecule is CCS(=O)(=O)NC1CCN(C(=O)C2CCCCCN2)CC1. The second-order valence-corrected chi connectivity index (χ2v) is 8.02. The van der Waals surface area contributed by atoms with Crippen LogP contribution in [-0.2, 0) is 14.8 Å². The normalized spacial score (nSPS) is 25.6. The van der Waals surface area contributed by atoms with Gasteiger partial charge in [-0.3, -0.25) is 4.79 Å². The highest BCUT2D eigenvalue weighted by Gasteiger charge is 2.29. The molecule has 0 saturated carbocycles. The lowest BCUT2D eigenvalue weighted by atomic mass is 10.0. The van der Waals surface area contributed by atoms with Crippen LogP contribution in [0.4, 0.5) is 0 Å². The van der Waals surface area contributed by atoms with Gasteiger partial charge in [0.15, 0.2) is 0 Å². The predicted octanol–water partition coefficient (Wildman–Crippen LogP) is 0.449. The van der Waals surface area contributed by atoms with Crippen LogP contribution in [0.5, 0.6) is 0 Å². The number of nitrogens with one attached hydrogen (secondary N) is 2. The van der Waals surface area contributed by atoms with Gasteiger partial charge in [0.2, 0.25) is 15.9 Å². The van der Waals surface area contributed by atoms with Gasteiger partial charge in [-0.2, -0.15) is 0 Å². The van der Waals surface area contributed by atoms with E-state index in [4.69, 9.17) is 0 Å². The summed E-state index contributed by atoms with van der Waals surface area (Å²) < 4.78 is 25.8. The average molecular weight is 317 g/mol. The molecule has 1 atom stereocenters. The highest BCUT2D eigenvalue weighted by molar-refractivity contribution is 7.89. The summed E-state index contributed by atoms with van der Waals surface area (Å²) >= 11 is 0. The third-order valence-corrected chi connectivity index (χ3v) is 5.84. The van der Waals surface area contributed by atoms with Crippen LogP contribution in [0.25, 0.3) is 0 Å². The molecule has 1 amide bonds. The number of amides is 1. The fourth-order valence-corrected chi connectivity index (χ4v) is 3.92. The Kier molecular flexibility index (Phi) is 6.01. The molecule has 0 bridgehead atoms. The summed E-state index contributed by atoms with van der Waals surface area (Å²) in [4.78, 5) is 14.4. The molecular formula is C14H27N3O3S. The number of carbonyl (C=O) groups is 1. The van der Waals surface area contributed by atoms with Gasteiger partial charge in [-0.15, -0.1) is 0 Å². The third kappa shape index (κ3) is 4.93. The Morgan fingerprint density at radius 1 is 1.19 bits per heavy atom. The molecule has 2 aliphatic heterocycles. The molecule has 7 heteroatoms. The molecule has 6 nitrogen and oxygen atoms in total. The van der Waals surface area contributed by atoms with Gasteiger partial charge in [-0.25, -0.2) is 13.1 Å². The standard InChI is InChI=1S/C14H27N3O3S/c1-2-21(19,20)16-12-7-10-17(11-8-12)14(18)13-6-4-3-5-9-15-13/h12-13,15-16H,2-11H2,1H3. The Bertz CT molecular complexity index is 436. The monoisotopic (exact) mass is 317 g/mol. The van der Waals surface area contributed by atoms with Crippen LogP contribution < -0.4 is 10.0 Å². The number of carbonyl (C=O) groups excluding carboxylic acids is 1. The molecular weight excluding hydrogens is 290 g/mol. The van der Waals surface area contributed by atoms with Gasteiger partial charge in [0.25, 0.3) is 0 Å². The van der Waals surface area contributed by atoms with E-state index in [1.165, 1.54) is 6.42 Å². The van der Waals surface area contributed by atoms with Gasteiger partial charge in [-0.1, -0.05) is 12.8 Å². The molecule has 2 saturated heterocycles. The molecule has 122 valence electrons. The minimum absolute atomic E-state index is 0.0268. The first-order chi connectivity index (χ1) is 10.0. The zero-order valence-electron chi connectivity index (χ0n) is 12.8. The first-order valence-corrected chi connectivity index (χ1v) is 9.69. The van der Waals surface area contributed by atoms with Crippen molar-refractivity contribution in [3.05, 3.63) is 0 Å². The molecule has 0 radical (unpaired) electrons. The van der Waals surface area contributed by atoms with E-state index in [0.29, 0.717) is 25.9 Å². The minimum atomic E-state index is -3.15. The summed E-state index contributed by atoms with van der Waals surface area (Å²) in [5, 5.41) is 3.33. The molecule has 0 aromatic rings. The lowest BCUT2D eigenvalue weighted by Crippen LogP contribution is -2.52. The molecule has 21 heavy (non-hydrogen) atoms. The highest BCUT2D eigenvalue weighted by Crippen LogP contribution is 2.16. The van der Waals surface area contributed by atoms with Crippen molar-refractivity contribution < 1.29 is 13.2 Å². The number of likely N-dealkylation sites (tertiary alicyclic amines) is 1. The zero-order chi connectivity index (χ0) is 15.3. The molecule has 2 N–H and O–H groups in total. The fraction of sp³-hybridized carbons (Fsp3) is 0.929. The largest absolute Gasteiger partial charge is 0.341 e.